The third-order valence-corrected chi connectivity index (χ3v) is 5.10. The lowest BCUT2D eigenvalue weighted by Gasteiger charge is -2.12. The molecule has 0 aliphatic carbocycles. The Kier molecular flexibility index (Phi) is 5.29. The number of hydrogen-bond acceptors (Lipinski definition) is 4. The van der Waals surface area contributed by atoms with Crippen molar-refractivity contribution in [2.75, 3.05) is 5.32 Å². The van der Waals surface area contributed by atoms with Crippen molar-refractivity contribution in [2.24, 2.45) is 0 Å². The normalized spacial score (nSPS) is 11.5. The summed E-state index contributed by atoms with van der Waals surface area (Å²) in [5.74, 6) is 0.420. The van der Waals surface area contributed by atoms with Crippen LogP contribution in [-0.2, 0) is 0 Å². The molecule has 0 saturated carbocycles. The Bertz CT molecular complexity index is 1490. The Morgan fingerprint density at radius 1 is 0.912 bits per heavy atom. The second-order valence-electron chi connectivity index (χ2n) is 7.37. The van der Waals surface area contributed by atoms with Crippen LogP contribution in [0.3, 0.4) is 0 Å². The van der Waals surface area contributed by atoms with Gasteiger partial charge in [0.15, 0.2) is 0 Å². The van der Waals surface area contributed by atoms with Gasteiger partial charge in [0.1, 0.15) is 22.9 Å². The summed E-state index contributed by atoms with van der Waals surface area (Å²) in [6.45, 7) is 0. The highest BCUT2D eigenvalue weighted by Crippen LogP contribution is 2.32. The predicted molar refractivity (Wildman–Crippen MR) is 121 cm³/mol. The molecule has 0 aliphatic rings. The number of alkyl halides is 3. The van der Waals surface area contributed by atoms with Crippen molar-refractivity contribution in [1.82, 2.24) is 9.97 Å². The highest BCUT2D eigenvalue weighted by Gasteiger charge is 2.31. The first-order valence-electron chi connectivity index (χ1n) is 10.2. The molecule has 9 heteroatoms. The first-order chi connectivity index (χ1) is 16.4. The monoisotopic (exact) mass is 463 g/mol. The van der Waals surface area contributed by atoms with Crippen molar-refractivity contribution in [3.05, 3.63) is 90.8 Å². The van der Waals surface area contributed by atoms with Crippen molar-refractivity contribution in [2.45, 2.75) is 6.36 Å². The molecule has 6 nitrogen and oxygen atoms in total. The highest BCUT2D eigenvalue weighted by molar-refractivity contribution is 6.09. The summed E-state index contributed by atoms with van der Waals surface area (Å²) in [6.07, 6.45) is -1.35. The molecule has 0 fully saturated rings. The number of amides is 1. The fourth-order valence-electron chi connectivity index (χ4n) is 3.59. The molecular weight excluding hydrogens is 447 g/mol. The highest BCUT2D eigenvalue weighted by atomic mass is 19.4. The molecular formula is C25H16F3N3O3. The minimum atomic E-state index is -4.79. The average Bonchev–Trinajstić information content (AvgIpc) is 3.29. The van der Waals surface area contributed by atoms with Crippen LogP contribution in [0.2, 0.25) is 0 Å². The molecule has 34 heavy (non-hydrogen) atoms. The number of aromatic nitrogens is 2. The maximum atomic E-state index is 12.7. The van der Waals surface area contributed by atoms with E-state index in [9.17, 15) is 18.0 Å². The number of rotatable bonds is 5. The van der Waals surface area contributed by atoms with Gasteiger partial charge in [0, 0.05) is 29.0 Å². The van der Waals surface area contributed by atoms with Gasteiger partial charge in [-0.15, -0.1) is 13.2 Å². The molecule has 0 bridgehead atoms. The Morgan fingerprint density at radius 3 is 2.50 bits per heavy atom. The van der Waals surface area contributed by atoms with Gasteiger partial charge in [-0.1, -0.05) is 12.1 Å². The van der Waals surface area contributed by atoms with E-state index in [1.807, 2.05) is 24.3 Å². The molecule has 2 heterocycles. The predicted octanol–water partition coefficient (Wildman–Crippen LogP) is 6.66. The number of benzene rings is 3. The third-order valence-electron chi connectivity index (χ3n) is 5.10. The molecule has 0 aliphatic heterocycles. The molecule has 2 N–H and O–H groups in total. The molecule has 3 aromatic carbocycles. The quantitative estimate of drug-likeness (QED) is 0.306. The van der Waals surface area contributed by atoms with E-state index in [2.05, 4.69) is 20.0 Å². The topological polar surface area (TPSA) is 76.2 Å². The van der Waals surface area contributed by atoms with Gasteiger partial charge in [-0.2, -0.15) is 0 Å². The van der Waals surface area contributed by atoms with E-state index in [4.69, 9.17) is 4.74 Å². The maximum absolute atomic E-state index is 12.7. The van der Waals surface area contributed by atoms with Crippen molar-refractivity contribution in [3.63, 3.8) is 0 Å². The Labute approximate surface area is 191 Å². The summed E-state index contributed by atoms with van der Waals surface area (Å²) < 4.78 is 46.9. The van der Waals surface area contributed by atoms with Crippen molar-refractivity contribution in [3.8, 4) is 17.2 Å². The van der Waals surface area contributed by atoms with Crippen LogP contribution in [-0.4, -0.2) is 22.2 Å². The van der Waals surface area contributed by atoms with Crippen LogP contribution in [0.15, 0.2) is 85.2 Å². The lowest BCUT2D eigenvalue weighted by atomic mass is 10.1. The van der Waals surface area contributed by atoms with Crippen LogP contribution in [0.1, 0.15) is 10.4 Å². The summed E-state index contributed by atoms with van der Waals surface area (Å²) >= 11 is 0. The summed E-state index contributed by atoms with van der Waals surface area (Å²) in [4.78, 5) is 19.9. The van der Waals surface area contributed by atoms with Gasteiger partial charge < -0.3 is 19.8 Å². The number of hydrogen-bond donors (Lipinski definition) is 2. The number of fused-ring (bicyclic) bond motifs is 2. The third kappa shape index (κ3) is 4.49. The van der Waals surface area contributed by atoms with E-state index in [1.165, 1.54) is 12.1 Å². The van der Waals surface area contributed by atoms with Crippen LogP contribution in [0.25, 0.3) is 21.8 Å². The fourth-order valence-corrected chi connectivity index (χ4v) is 3.59. The lowest BCUT2D eigenvalue weighted by Crippen LogP contribution is -2.17. The smallest absolute Gasteiger partial charge is 0.457 e. The Morgan fingerprint density at radius 2 is 1.71 bits per heavy atom. The number of nitrogens with zero attached hydrogens (tertiary/aromatic N) is 1. The number of H-pyrrole nitrogens is 1. The van der Waals surface area contributed by atoms with Gasteiger partial charge in [0.05, 0.1) is 5.39 Å². The van der Waals surface area contributed by atoms with Crippen LogP contribution in [0.4, 0.5) is 18.9 Å². The van der Waals surface area contributed by atoms with Crippen molar-refractivity contribution >= 4 is 33.4 Å². The van der Waals surface area contributed by atoms with Crippen molar-refractivity contribution < 1.29 is 27.4 Å². The van der Waals surface area contributed by atoms with Crippen LogP contribution in [0, 0.1) is 0 Å². The standard InChI is InChI=1S/C25H16F3N3O3/c26-25(27,28)34-17-6-4-15(5-7-17)24(32)31-21-3-1-2-16-14-18(8-9-19(16)21)33-22-11-13-30-23-20(22)10-12-29-23/h1-14H,(H,29,30)(H,31,32). The van der Waals surface area contributed by atoms with Crippen LogP contribution < -0.4 is 14.8 Å². The van der Waals surface area contributed by atoms with Gasteiger partial charge in [0.2, 0.25) is 0 Å². The Hall–Kier alpha value is -4.53. The SMILES string of the molecule is O=C(Nc1cccc2cc(Oc3ccnc4[nH]ccc34)ccc12)c1ccc(OC(F)(F)F)cc1. The summed E-state index contributed by atoms with van der Waals surface area (Å²) in [7, 11) is 0. The molecule has 1 amide bonds. The molecule has 170 valence electrons. The second kappa shape index (κ2) is 8.43. The largest absolute Gasteiger partial charge is 0.573 e. The number of ether oxygens (including phenoxy) is 2. The van der Waals surface area contributed by atoms with E-state index in [1.54, 1.807) is 36.7 Å². The lowest BCUT2D eigenvalue weighted by molar-refractivity contribution is -0.274. The van der Waals surface area contributed by atoms with E-state index in [0.29, 0.717) is 17.2 Å². The molecule has 0 spiro atoms. The summed E-state index contributed by atoms with van der Waals surface area (Å²) in [6, 6.07) is 19.3. The minimum absolute atomic E-state index is 0.194. The zero-order chi connectivity index (χ0) is 23.7. The number of carbonyl (C=O) groups excluding carboxylic acids is 1. The average molecular weight is 463 g/mol. The number of aromatic amines is 1. The maximum Gasteiger partial charge on any atom is 0.573 e. The van der Waals surface area contributed by atoms with E-state index in [-0.39, 0.29) is 5.56 Å². The molecule has 5 rings (SSSR count). The molecule has 0 unspecified atom stereocenters. The number of pyridine rings is 1. The second-order valence-corrected chi connectivity index (χ2v) is 7.37. The number of carbonyl (C=O) groups is 1. The van der Waals surface area contributed by atoms with Gasteiger partial charge in [0.25, 0.3) is 5.91 Å². The minimum Gasteiger partial charge on any atom is -0.457 e. The summed E-state index contributed by atoms with van der Waals surface area (Å²) in [5.41, 5.74) is 1.47. The zero-order valence-corrected chi connectivity index (χ0v) is 17.4. The van der Waals surface area contributed by atoms with Crippen molar-refractivity contribution in [1.29, 1.82) is 0 Å². The first kappa shape index (κ1) is 21.3. The van der Waals surface area contributed by atoms with E-state index < -0.39 is 18.0 Å². The zero-order valence-electron chi connectivity index (χ0n) is 17.4. The van der Waals surface area contributed by atoms with E-state index >= 15 is 0 Å². The van der Waals surface area contributed by atoms with Crippen LogP contribution >= 0.6 is 0 Å². The Balaban J connectivity index is 1.36. The molecule has 2 aromatic heterocycles. The molecule has 0 atom stereocenters. The van der Waals surface area contributed by atoms with Gasteiger partial charge in [-0.3, -0.25) is 4.79 Å². The van der Waals surface area contributed by atoms with Gasteiger partial charge in [-0.05, 0) is 66.0 Å². The molecule has 0 radical (unpaired) electrons. The number of anilines is 1. The molecule has 0 saturated heterocycles. The first-order valence-corrected chi connectivity index (χ1v) is 10.2. The van der Waals surface area contributed by atoms with Gasteiger partial charge in [-0.25, -0.2) is 4.98 Å². The number of nitrogens with one attached hydrogen (secondary N) is 2. The van der Waals surface area contributed by atoms with E-state index in [0.717, 1.165) is 33.9 Å². The number of halogens is 3. The van der Waals surface area contributed by atoms with Gasteiger partial charge >= 0.3 is 6.36 Å². The summed E-state index contributed by atoms with van der Waals surface area (Å²) in [5, 5.41) is 5.28. The van der Waals surface area contributed by atoms with Crippen LogP contribution in [0.5, 0.6) is 17.2 Å². The fraction of sp³-hybridized carbons (Fsp3) is 0.0400. The molecule has 5 aromatic rings.